The molecular formula is C24H25ClFNO3. The van der Waals surface area contributed by atoms with Gasteiger partial charge in [0.15, 0.2) is 5.43 Å². The number of hydrogen-bond acceptors (Lipinski definition) is 4. The van der Waals surface area contributed by atoms with E-state index < -0.39 is 11.4 Å². The van der Waals surface area contributed by atoms with Crippen LogP contribution in [0.5, 0.6) is 0 Å². The number of likely N-dealkylation sites (tertiary alicyclic amines) is 1. The third-order valence-electron chi connectivity index (χ3n) is 6.12. The molecule has 1 aromatic heterocycles. The van der Waals surface area contributed by atoms with E-state index >= 15 is 0 Å². The van der Waals surface area contributed by atoms with Gasteiger partial charge in [-0.15, -0.1) is 0 Å². The van der Waals surface area contributed by atoms with Crippen LogP contribution in [0.1, 0.15) is 36.1 Å². The monoisotopic (exact) mass is 429 g/mol. The Morgan fingerprint density at radius 3 is 2.57 bits per heavy atom. The Kier molecular flexibility index (Phi) is 5.96. The van der Waals surface area contributed by atoms with E-state index in [0.29, 0.717) is 46.6 Å². The minimum Gasteiger partial charge on any atom is -0.460 e. The van der Waals surface area contributed by atoms with Crippen LogP contribution in [-0.4, -0.2) is 29.6 Å². The Balaban J connectivity index is 1.36. The van der Waals surface area contributed by atoms with Crippen LogP contribution in [0.4, 0.5) is 4.39 Å². The average Bonchev–Trinajstić information content (AvgIpc) is 2.73. The van der Waals surface area contributed by atoms with E-state index in [0.717, 1.165) is 31.6 Å². The van der Waals surface area contributed by atoms with Crippen LogP contribution >= 0.6 is 11.6 Å². The number of aliphatic hydroxyl groups is 1. The zero-order chi connectivity index (χ0) is 21.3. The molecule has 158 valence electrons. The summed E-state index contributed by atoms with van der Waals surface area (Å²) >= 11 is 5.95. The fourth-order valence-electron chi connectivity index (χ4n) is 4.20. The Morgan fingerprint density at radius 1 is 1.17 bits per heavy atom. The third-order valence-corrected chi connectivity index (χ3v) is 6.38. The molecule has 3 aromatic rings. The SMILES string of the molecule is Cc1c(CCCN2CCC(O)(c3ccc(Cl)cc3)CC2)oc2cc(F)ccc2c1=O. The smallest absolute Gasteiger partial charge is 0.195 e. The lowest BCUT2D eigenvalue weighted by Gasteiger charge is -2.38. The predicted octanol–water partition coefficient (Wildman–Crippen LogP) is 4.81. The van der Waals surface area contributed by atoms with Gasteiger partial charge in [0.2, 0.25) is 0 Å². The molecule has 1 N–H and O–H groups in total. The summed E-state index contributed by atoms with van der Waals surface area (Å²) < 4.78 is 19.3. The van der Waals surface area contributed by atoms with Gasteiger partial charge in [-0.05, 0) is 62.6 Å². The molecule has 6 heteroatoms. The first-order chi connectivity index (χ1) is 14.4. The van der Waals surface area contributed by atoms with Crippen molar-refractivity contribution >= 4 is 22.6 Å². The van der Waals surface area contributed by atoms with E-state index in [1.807, 2.05) is 24.3 Å². The molecule has 2 aromatic carbocycles. The highest BCUT2D eigenvalue weighted by Crippen LogP contribution is 2.33. The molecule has 30 heavy (non-hydrogen) atoms. The van der Waals surface area contributed by atoms with Crippen molar-refractivity contribution in [1.82, 2.24) is 4.90 Å². The quantitative estimate of drug-likeness (QED) is 0.632. The predicted molar refractivity (Wildman–Crippen MR) is 117 cm³/mol. The number of aryl methyl sites for hydroxylation is 1. The summed E-state index contributed by atoms with van der Waals surface area (Å²) in [7, 11) is 0. The Labute approximate surface area is 179 Å². The topological polar surface area (TPSA) is 53.7 Å². The maximum absolute atomic E-state index is 13.5. The number of halogens is 2. The molecule has 0 atom stereocenters. The average molecular weight is 430 g/mol. The van der Waals surface area contributed by atoms with Crippen LogP contribution in [-0.2, 0) is 12.0 Å². The number of benzene rings is 2. The van der Waals surface area contributed by atoms with Gasteiger partial charge in [0.05, 0.1) is 11.0 Å². The van der Waals surface area contributed by atoms with E-state index in [1.54, 1.807) is 6.92 Å². The van der Waals surface area contributed by atoms with Crippen molar-refractivity contribution in [3.63, 3.8) is 0 Å². The zero-order valence-electron chi connectivity index (χ0n) is 17.0. The van der Waals surface area contributed by atoms with Crippen LogP contribution in [0.2, 0.25) is 5.02 Å². The minimum absolute atomic E-state index is 0.0998. The highest BCUT2D eigenvalue weighted by molar-refractivity contribution is 6.30. The molecule has 0 unspecified atom stereocenters. The molecule has 4 rings (SSSR count). The van der Waals surface area contributed by atoms with Gasteiger partial charge >= 0.3 is 0 Å². The fourth-order valence-corrected chi connectivity index (χ4v) is 4.33. The number of rotatable bonds is 5. The van der Waals surface area contributed by atoms with E-state index in [1.165, 1.54) is 18.2 Å². The van der Waals surface area contributed by atoms with Crippen LogP contribution < -0.4 is 5.43 Å². The van der Waals surface area contributed by atoms with Gasteiger partial charge in [-0.3, -0.25) is 4.79 Å². The second kappa shape index (κ2) is 8.50. The van der Waals surface area contributed by atoms with E-state index in [4.69, 9.17) is 16.0 Å². The molecule has 0 bridgehead atoms. The molecule has 0 spiro atoms. The van der Waals surface area contributed by atoms with Crippen LogP contribution in [0.25, 0.3) is 11.0 Å². The molecule has 0 radical (unpaired) electrons. The van der Waals surface area contributed by atoms with Gasteiger partial charge in [-0.1, -0.05) is 23.7 Å². The molecule has 0 saturated carbocycles. The third kappa shape index (κ3) is 4.29. The number of fused-ring (bicyclic) bond motifs is 1. The summed E-state index contributed by atoms with van der Waals surface area (Å²) in [4.78, 5) is 14.8. The number of piperidine rings is 1. The highest BCUT2D eigenvalue weighted by Gasteiger charge is 2.33. The van der Waals surface area contributed by atoms with Crippen LogP contribution in [0, 0.1) is 12.7 Å². The molecule has 1 saturated heterocycles. The maximum atomic E-state index is 13.5. The fraction of sp³-hybridized carbons (Fsp3) is 0.375. The van der Waals surface area contributed by atoms with Gasteiger partial charge in [-0.2, -0.15) is 0 Å². The van der Waals surface area contributed by atoms with Gasteiger partial charge in [0, 0.05) is 36.2 Å². The highest BCUT2D eigenvalue weighted by atomic mass is 35.5. The van der Waals surface area contributed by atoms with Gasteiger partial charge < -0.3 is 14.4 Å². The van der Waals surface area contributed by atoms with Gasteiger partial charge in [-0.25, -0.2) is 4.39 Å². The lowest BCUT2D eigenvalue weighted by atomic mass is 9.84. The Hall–Kier alpha value is -2.21. The number of nitrogens with zero attached hydrogens (tertiary/aromatic N) is 1. The second-order valence-electron chi connectivity index (χ2n) is 8.10. The molecule has 4 nitrogen and oxygen atoms in total. The molecular weight excluding hydrogens is 405 g/mol. The largest absolute Gasteiger partial charge is 0.460 e. The summed E-state index contributed by atoms with van der Waals surface area (Å²) in [6.45, 7) is 4.20. The lowest BCUT2D eigenvalue weighted by molar-refractivity contribution is -0.0260. The summed E-state index contributed by atoms with van der Waals surface area (Å²) in [5, 5.41) is 12.1. The summed E-state index contributed by atoms with van der Waals surface area (Å²) in [6, 6.07) is 11.4. The molecule has 1 fully saturated rings. The molecule has 1 aliphatic heterocycles. The second-order valence-corrected chi connectivity index (χ2v) is 8.54. The Morgan fingerprint density at radius 2 is 1.87 bits per heavy atom. The summed E-state index contributed by atoms with van der Waals surface area (Å²) in [5.41, 5.74) is 0.883. The maximum Gasteiger partial charge on any atom is 0.195 e. The normalized spacial score (nSPS) is 16.8. The number of hydrogen-bond donors (Lipinski definition) is 1. The van der Waals surface area contributed by atoms with Gasteiger partial charge in [0.25, 0.3) is 0 Å². The summed E-state index contributed by atoms with van der Waals surface area (Å²) in [6.07, 6.45) is 2.77. The van der Waals surface area contributed by atoms with Crippen molar-refractivity contribution in [3.8, 4) is 0 Å². The van der Waals surface area contributed by atoms with Crippen molar-refractivity contribution in [2.24, 2.45) is 0 Å². The van der Waals surface area contributed by atoms with E-state index in [9.17, 15) is 14.3 Å². The first-order valence-corrected chi connectivity index (χ1v) is 10.7. The first-order valence-electron chi connectivity index (χ1n) is 10.3. The van der Waals surface area contributed by atoms with Crippen molar-refractivity contribution in [1.29, 1.82) is 0 Å². The zero-order valence-corrected chi connectivity index (χ0v) is 17.7. The van der Waals surface area contributed by atoms with Crippen molar-refractivity contribution < 1.29 is 13.9 Å². The molecule has 0 amide bonds. The van der Waals surface area contributed by atoms with Gasteiger partial charge in [0.1, 0.15) is 17.2 Å². The van der Waals surface area contributed by atoms with Crippen molar-refractivity contribution in [2.45, 2.75) is 38.2 Å². The summed E-state index contributed by atoms with van der Waals surface area (Å²) in [5.74, 6) is 0.203. The standard InChI is InChI=1S/C24H25ClFNO3/c1-16-21(30-22-15-19(26)8-9-20(22)23(16)28)3-2-12-27-13-10-24(29,11-14-27)17-4-6-18(25)7-5-17/h4-9,15,29H,2-3,10-14H2,1H3. The van der Waals surface area contributed by atoms with Crippen molar-refractivity contribution in [3.05, 3.63) is 80.4 Å². The van der Waals surface area contributed by atoms with E-state index in [2.05, 4.69) is 4.90 Å². The molecule has 1 aliphatic rings. The Bertz CT molecular complexity index is 1100. The lowest BCUT2D eigenvalue weighted by Crippen LogP contribution is -2.42. The molecule has 2 heterocycles. The molecule has 0 aliphatic carbocycles. The van der Waals surface area contributed by atoms with Crippen LogP contribution in [0.3, 0.4) is 0 Å². The minimum atomic E-state index is -0.813. The first kappa shape index (κ1) is 21.0. The van der Waals surface area contributed by atoms with Crippen LogP contribution in [0.15, 0.2) is 51.7 Å². The van der Waals surface area contributed by atoms with E-state index in [-0.39, 0.29) is 5.43 Å². The van der Waals surface area contributed by atoms with Crippen molar-refractivity contribution in [2.75, 3.05) is 19.6 Å².